The molecule has 0 bridgehead atoms. The first-order chi connectivity index (χ1) is 7.92. The zero-order chi connectivity index (χ0) is 12.9. The van der Waals surface area contributed by atoms with Crippen molar-refractivity contribution in [3.63, 3.8) is 0 Å². The zero-order valence-corrected chi connectivity index (χ0v) is 10.7. The summed E-state index contributed by atoms with van der Waals surface area (Å²) in [6.07, 6.45) is 0. The van der Waals surface area contributed by atoms with Gasteiger partial charge in [-0.25, -0.2) is 4.79 Å². The Morgan fingerprint density at radius 3 is 2.35 bits per heavy atom. The molecule has 94 valence electrons. The number of benzene rings is 1. The summed E-state index contributed by atoms with van der Waals surface area (Å²) in [6, 6.07) is 7.67. The van der Waals surface area contributed by atoms with Crippen LogP contribution in [0, 0.1) is 0 Å². The van der Waals surface area contributed by atoms with E-state index in [1.807, 2.05) is 45.0 Å². The fourth-order valence-corrected chi connectivity index (χ4v) is 1.49. The number of nitrogens with two attached hydrogens (primary N) is 1. The molecule has 1 aromatic carbocycles. The molecule has 0 aliphatic rings. The number of hydrogen-bond donors (Lipinski definition) is 3. The Hall–Kier alpha value is -1.55. The second-order valence-corrected chi connectivity index (χ2v) is 5.03. The van der Waals surface area contributed by atoms with Gasteiger partial charge in [-0.15, -0.1) is 0 Å². The number of hydrogen-bond acceptors (Lipinski definition) is 2. The predicted octanol–water partition coefficient (Wildman–Crippen LogP) is 1.74. The van der Waals surface area contributed by atoms with Crippen molar-refractivity contribution >= 4 is 6.03 Å². The van der Waals surface area contributed by atoms with E-state index >= 15 is 0 Å². The molecule has 0 aliphatic heterocycles. The molecular formula is C13H21N3O. The average Bonchev–Trinajstić information content (AvgIpc) is 2.24. The Morgan fingerprint density at radius 1 is 1.24 bits per heavy atom. The van der Waals surface area contributed by atoms with E-state index in [0.29, 0.717) is 13.1 Å². The van der Waals surface area contributed by atoms with E-state index in [1.54, 1.807) is 0 Å². The maximum absolute atomic E-state index is 11.6. The smallest absolute Gasteiger partial charge is 0.315 e. The molecule has 4 N–H and O–H groups in total. The van der Waals surface area contributed by atoms with Crippen LogP contribution >= 0.6 is 0 Å². The summed E-state index contributed by atoms with van der Waals surface area (Å²) in [5.74, 6) is 0. The summed E-state index contributed by atoms with van der Waals surface area (Å²) in [6.45, 7) is 6.81. The molecule has 4 heteroatoms. The summed E-state index contributed by atoms with van der Waals surface area (Å²) in [7, 11) is 0. The van der Waals surface area contributed by atoms with Gasteiger partial charge >= 0.3 is 6.03 Å². The van der Waals surface area contributed by atoms with Crippen LogP contribution in [0.4, 0.5) is 4.79 Å². The molecule has 0 atom stereocenters. The highest BCUT2D eigenvalue weighted by Gasteiger charge is 2.13. The number of carbonyl (C=O) groups excluding carboxylic acids is 1. The van der Waals surface area contributed by atoms with Crippen LogP contribution in [0.5, 0.6) is 0 Å². The summed E-state index contributed by atoms with van der Waals surface area (Å²) in [4.78, 5) is 11.6. The minimum absolute atomic E-state index is 0.163. The van der Waals surface area contributed by atoms with Crippen molar-refractivity contribution in [2.75, 3.05) is 0 Å². The third kappa shape index (κ3) is 4.87. The van der Waals surface area contributed by atoms with Gasteiger partial charge in [0.1, 0.15) is 0 Å². The molecule has 1 aromatic rings. The molecule has 0 heterocycles. The second kappa shape index (κ2) is 5.68. The lowest BCUT2D eigenvalue weighted by atomic mass is 10.1. The molecule has 0 aliphatic carbocycles. The largest absolute Gasteiger partial charge is 0.334 e. The van der Waals surface area contributed by atoms with Crippen LogP contribution in [0.2, 0.25) is 0 Å². The van der Waals surface area contributed by atoms with E-state index in [-0.39, 0.29) is 11.6 Å². The molecule has 2 amide bonds. The summed E-state index contributed by atoms with van der Waals surface area (Å²) < 4.78 is 0. The molecule has 4 nitrogen and oxygen atoms in total. The van der Waals surface area contributed by atoms with Gasteiger partial charge in [-0.1, -0.05) is 24.3 Å². The fourth-order valence-electron chi connectivity index (χ4n) is 1.49. The Balaban J connectivity index is 2.53. The van der Waals surface area contributed by atoms with E-state index in [4.69, 9.17) is 5.73 Å². The zero-order valence-electron chi connectivity index (χ0n) is 10.7. The minimum atomic E-state index is -0.225. The highest BCUT2D eigenvalue weighted by molar-refractivity contribution is 5.74. The highest BCUT2D eigenvalue weighted by atomic mass is 16.2. The maximum atomic E-state index is 11.6. The Kier molecular flexibility index (Phi) is 4.52. The van der Waals surface area contributed by atoms with E-state index in [1.165, 1.54) is 0 Å². The number of carbonyl (C=O) groups is 1. The van der Waals surface area contributed by atoms with Crippen molar-refractivity contribution in [3.8, 4) is 0 Å². The van der Waals surface area contributed by atoms with Gasteiger partial charge in [0.25, 0.3) is 0 Å². The lowest BCUT2D eigenvalue weighted by molar-refractivity contribution is 0.231. The summed E-state index contributed by atoms with van der Waals surface area (Å²) >= 11 is 0. The molecule has 0 radical (unpaired) electrons. The van der Waals surface area contributed by atoms with Crippen LogP contribution in [0.25, 0.3) is 0 Å². The van der Waals surface area contributed by atoms with Gasteiger partial charge in [0.2, 0.25) is 0 Å². The van der Waals surface area contributed by atoms with Crippen molar-refractivity contribution in [3.05, 3.63) is 35.4 Å². The number of nitrogens with one attached hydrogen (secondary N) is 2. The maximum Gasteiger partial charge on any atom is 0.315 e. The van der Waals surface area contributed by atoms with E-state index in [0.717, 1.165) is 11.1 Å². The van der Waals surface area contributed by atoms with Crippen LogP contribution in [0.15, 0.2) is 24.3 Å². The normalized spacial score (nSPS) is 11.1. The van der Waals surface area contributed by atoms with E-state index in [9.17, 15) is 4.79 Å². The van der Waals surface area contributed by atoms with Gasteiger partial charge in [0, 0.05) is 18.6 Å². The molecule has 17 heavy (non-hydrogen) atoms. The van der Waals surface area contributed by atoms with Crippen molar-refractivity contribution in [2.24, 2.45) is 5.73 Å². The first kappa shape index (κ1) is 13.5. The van der Waals surface area contributed by atoms with Crippen molar-refractivity contribution in [1.29, 1.82) is 0 Å². The second-order valence-electron chi connectivity index (χ2n) is 5.03. The monoisotopic (exact) mass is 235 g/mol. The molecule has 1 rings (SSSR count). The molecular weight excluding hydrogens is 214 g/mol. The minimum Gasteiger partial charge on any atom is -0.334 e. The van der Waals surface area contributed by atoms with Crippen LogP contribution in [0.3, 0.4) is 0 Å². The van der Waals surface area contributed by atoms with E-state index < -0.39 is 0 Å². The van der Waals surface area contributed by atoms with Gasteiger partial charge < -0.3 is 16.4 Å². The topological polar surface area (TPSA) is 67.2 Å². The van der Waals surface area contributed by atoms with Crippen LogP contribution in [0.1, 0.15) is 31.9 Å². The van der Waals surface area contributed by atoms with Gasteiger partial charge in [-0.3, -0.25) is 0 Å². The SMILES string of the molecule is CC(C)(C)NC(=O)NCc1ccccc1CN. The average molecular weight is 235 g/mol. The van der Waals surface area contributed by atoms with Crippen LogP contribution in [-0.4, -0.2) is 11.6 Å². The lowest BCUT2D eigenvalue weighted by Gasteiger charge is -2.21. The first-order valence-corrected chi connectivity index (χ1v) is 5.75. The van der Waals surface area contributed by atoms with Crippen molar-refractivity contribution in [1.82, 2.24) is 10.6 Å². The first-order valence-electron chi connectivity index (χ1n) is 5.75. The van der Waals surface area contributed by atoms with Gasteiger partial charge in [0.15, 0.2) is 0 Å². The summed E-state index contributed by atoms with van der Waals surface area (Å²) in [5.41, 5.74) is 7.52. The molecule has 0 unspecified atom stereocenters. The Labute approximate surface area is 103 Å². The Morgan fingerprint density at radius 2 is 1.82 bits per heavy atom. The fraction of sp³-hybridized carbons (Fsp3) is 0.462. The van der Waals surface area contributed by atoms with Crippen LogP contribution < -0.4 is 16.4 Å². The van der Waals surface area contributed by atoms with Crippen molar-refractivity contribution < 1.29 is 4.79 Å². The number of amides is 2. The van der Waals surface area contributed by atoms with Crippen molar-refractivity contribution in [2.45, 2.75) is 39.4 Å². The Bertz CT molecular complexity index is 382. The lowest BCUT2D eigenvalue weighted by Crippen LogP contribution is -2.46. The molecule has 0 spiro atoms. The van der Waals surface area contributed by atoms with E-state index in [2.05, 4.69) is 10.6 Å². The molecule has 0 saturated heterocycles. The van der Waals surface area contributed by atoms with Gasteiger partial charge in [-0.2, -0.15) is 0 Å². The third-order valence-electron chi connectivity index (χ3n) is 2.27. The standard InChI is InChI=1S/C13H21N3O/c1-13(2,3)16-12(17)15-9-11-7-5-4-6-10(11)8-14/h4-7H,8-9,14H2,1-3H3,(H2,15,16,17). The quantitative estimate of drug-likeness (QED) is 0.747. The van der Waals surface area contributed by atoms with Gasteiger partial charge in [0.05, 0.1) is 0 Å². The number of rotatable bonds is 3. The predicted molar refractivity (Wildman–Crippen MR) is 69.5 cm³/mol. The van der Waals surface area contributed by atoms with Crippen LogP contribution in [-0.2, 0) is 13.1 Å². The molecule has 0 aromatic heterocycles. The molecule has 0 fully saturated rings. The molecule has 0 saturated carbocycles. The van der Waals surface area contributed by atoms with Gasteiger partial charge in [-0.05, 0) is 31.9 Å². The summed E-state index contributed by atoms with van der Waals surface area (Å²) in [5, 5.41) is 5.67. The third-order valence-corrected chi connectivity index (χ3v) is 2.27. The number of urea groups is 1. The highest BCUT2D eigenvalue weighted by Crippen LogP contribution is 2.07.